The lowest BCUT2D eigenvalue weighted by molar-refractivity contribution is 0.215. The summed E-state index contributed by atoms with van der Waals surface area (Å²) in [5.74, 6) is 0.714. The van der Waals surface area contributed by atoms with Crippen molar-refractivity contribution in [2.24, 2.45) is 5.92 Å². The van der Waals surface area contributed by atoms with Crippen LogP contribution in [0.4, 0.5) is 0 Å². The van der Waals surface area contributed by atoms with E-state index < -0.39 is 0 Å². The Bertz CT molecular complexity index is 141. The lowest BCUT2D eigenvalue weighted by Crippen LogP contribution is -2.44. The van der Waals surface area contributed by atoms with Crippen molar-refractivity contribution in [1.82, 2.24) is 10.2 Å². The normalized spacial score (nSPS) is 14.1. The molecular formula is C14H32N2. The van der Waals surface area contributed by atoms with Crippen molar-refractivity contribution in [3.63, 3.8) is 0 Å². The molecule has 0 aliphatic rings. The minimum Gasteiger partial charge on any atom is -0.312 e. The van der Waals surface area contributed by atoms with Gasteiger partial charge < -0.3 is 10.2 Å². The summed E-state index contributed by atoms with van der Waals surface area (Å²) in [6.45, 7) is 10.3. The van der Waals surface area contributed by atoms with Crippen molar-refractivity contribution in [1.29, 1.82) is 0 Å². The van der Waals surface area contributed by atoms with E-state index in [9.17, 15) is 0 Å². The maximum atomic E-state index is 3.74. The topological polar surface area (TPSA) is 15.3 Å². The van der Waals surface area contributed by atoms with E-state index in [2.05, 4.69) is 52.0 Å². The summed E-state index contributed by atoms with van der Waals surface area (Å²) in [6, 6.07) is 1.37. The molecule has 0 aromatic heterocycles. The monoisotopic (exact) mass is 228 g/mol. The first-order chi connectivity index (χ1) is 7.52. The van der Waals surface area contributed by atoms with Crippen LogP contribution in [0.1, 0.15) is 53.4 Å². The van der Waals surface area contributed by atoms with Crippen LogP contribution in [-0.4, -0.2) is 37.6 Å². The van der Waals surface area contributed by atoms with E-state index in [0.29, 0.717) is 12.0 Å². The molecular weight excluding hydrogens is 196 g/mol. The van der Waals surface area contributed by atoms with Crippen LogP contribution in [0, 0.1) is 5.92 Å². The van der Waals surface area contributed by atoms with Crippen LogP contribution in [0.2, 0.25) is 0 Å². The van der Waals surface area contributed by atoms with Crippen LogP contribution >= 0.6 is 0 Å². The highest BCUT2D eigenvalue weighted by Crippen LogP contribution is 2.09. The fraction of sp³-hybridized carbons (Fsp3) is 1.00. The van der Waals surface area contributed by atoms with E-state index >= 15 is 0 Å². The smallest absolute Gasteiger partial charge is 0.0237 e. The van der Waals surface area contributed by atoms with E-state index in [1.807, 2.05) is 0 Å². The Morgan fingerprint density at radius 2 is 1.50 bits per heavy atom. The number of nitrogens with one attached hydrogen (secondary N) is 1. The van der Waals surface area contributed by atoms with Gasteiger partial charge in [-0.3, -0.25) is 0 Å². The van der Waals surface area contributed by atoms with Gasteiger partial charge in [-0.15, -0.1) is 0 Å². The predicted molar refractivity (Wildman–Crippen MR) is 73.9 cm³/mol. The van der Waals surface area contributed by atoms with E-state index in [4.69, 9.17) is 0 Å². The van der Waals surface area contributed by atoms with Gasteiger partial charge in [-0.1, -0.05) is 40.5 Å². The van der Waals surface area contributed by atoms with Crippen LogP contribution < -0.4 is 5.32 Å². The molecule has 2 heteroatoms. The molecule has 0 aromatic rings. The van der Waals surface area contributed by atoms with Gasteiger partial charge in [0, 0.05) is 18.6 Å². The number of hydrogen-bond acceptors (Lipinski definition) is 2. The highest BCUT2D eigenvalue weighted by atomic mass is 15.1. The van der Waals surface area contributed by atoms with Gasteiger partial charge >= 0.3 is 0 Å². The molecule has 0 bridgehead atoms. The number of rotatable bonds is 9. The van der Waals surface area contributed by atoms with Gasteiger partial charge in [0.15, 0.2) is 0 Å². The molecule has 1 N–H and O–H groups in total. The fourth-order valence-electron chi connectivity index (χ4n) is 2.35. The number of nitrogens with zero attached hydrogens (tertiary/aromatic N) is 1. The zero-order valence-corrected chi connectivity index (χ0v) is 12.2. The SMILES string of the molecule is CCCC(CCC)NCC(C(C)C)N(C)C. The Labute approximate surface area is 103 Å². The highest BCUT2D eigenvalue weighted by molar-refractivity contribution is 4.76. The third kappa shape index (κ3) is 6.49. The van der Waals surface area contributed by atoms with E-state index in [-0.39, 0.29) is 0 Å². The van der Waals surface area contributed by atoms with Crippen molar-refractivity contribution in [2.45, 2.75) is 65.5 Å². The molecule has 2 nitrogen and oxygen atoms in total. The lowest BCUT2D eigenvalue weighted by atomic mass is 10.0. The van der Waals surface area contributed by atoms with Crippen molar-refractivity contribution >= 4 is 0 Å². The van der Waals surface area contributed by atoms with E-state index in [0.717, 1.165) is 12.6 Å². The van der Waals surface area contributed by atoms with Crippen LogP contribution in [-0.2, 0) is 0 Å². The van der Waals surface area contributed by atoms with Gasteiger partial charge in [0.1, 0.15) is 0 Å². The van der Waals surface area contributed by atoms with Gasteiger partial charge in [0.25, 0.3) is 0 Å². The molecule has 16 heavy (non-hydrogen) atoms. The third-order valence-corrected chi connectivity index (χ3v) is 3.32. The number of likely N-dealkylation sites (N-methyl/N-ethyl adjacent to an activating group) is 1. The third-order valence-electron chi connectivity index (χ3n) is 3.32. The molecule has 0 amide bonds. The Morgan fingerprint density at radius 3 is 1.81 bits per heavy atom. The summed E-state index contributed by atoms with van der Waals surface area (Å²) in [6.07, 6.45) is 5.19. The van der Waals surface area contributed by atoms with Crippen molar-refractivity contribution in [3.8, 4) is 0 Å². The lowest BCUT2D eigenvalue weighted by Gasteiger charge is -2.30. The average Bonchev–Trinajstić information content (AvgIpc) is 2.17. The molecule has 0 radical (unpaired) electrons. The molecule has 0 saturated heterocycles. The van der Waals surface area contributed by atoms with E-state index in [1.165, 1.54) is 25.7 Å². The van der Waals surface area contributed by atoms with E-state index in [1.54, 1.807) is 0 Å². The molecule has 0 rings (SSSR count). The van der Waals surface area contributed by atoms with Crippen LogP contribution in [0.15, 0.2) is 0 Å². The summed E-state index contributed by atoms with van der Waals surface area (Å²) in [5, 5.41) is 3.74. The molecule has 0 fully saturated rings. The molecule has 1 atom stereocenters. The molecule has 0 aromatic carbocycles. The van der Waals surface area contributed by atoms with Gasteiger partial charge in [0.2, 0.25) is 0 Å². The molecule has 1 unspecified atom stereocenters. The Hall–Kier alpha value is -0.0800. The highest BCUT2D eigenvalue weighted by Gasteiger charge is 2.16. The van der Waals surface area contributed by atoms with Gasteiger partial charge in [0.05, 0.1) is 0 Å². The standard InChI is InChI=1S/C14H32N2/c1-7-9-13(10-8-2)15-11-14(12(3)4)16(5)6/h12-15H,7-11H2,1-6H3. The molecule has 0 spiro atoms. The maximum absolute atomic E-state index is 3.74. The second-order valence-electron chi connectivity index (χ2n) is 5.46. The molecule has 0 aliphatic heterocycles. The van der Waals surface area contributed by atoms with Crippen molar-refractivity contribution in [2.75, 3.05) is 20.6 Å². The molecule has 0 heterocycles. The fourth-order valence-corrected chi connectivity index (χ4v) is 2.35. The largest absolute Gasteiger partial charge is 0.312 e. The zero-order chi connectivity index (χ0) is 12.6. The quantitative estimate of drug-likeness (QED) is 0.652. The van der Waals surface area contributed by atoms with Gasteiger partial charge in [-0.25, -0.2) is 0 Å². The summed E-state index contributed by atoms with van der Waals surface area (Å²) in [4.78, 5) is 2.34. The Balaban J connectivity index is 4.04. The minimum absolute atomic E-state index is 0.649. The summed E-state index contributed by atoms with van der Waals surface area (Å²) in [7, 11) is 4.36. The molecule has 0 aliphatic carbocycles. The van der Waals surface area contributed by atoms with Gasteiger partial charge in [-0.05, 0) is 32.9 Å². The van der Waals surface area contributed by atoms with Crippen LogP contribution in [0.5, 0.6) is 0 Å². The second kappa shape index (κ2) is 9.00. The Kier molecular flexibility index (Phi) is 8.96. The first-order valence-corrected chi connectivity index (χ1v) is 6.92. The van der Waals surface area contributed by atoms with Crippen LogP contribution in [0.3, 0.4) is 0 Å². The maximum Gasteiger partial charge on any atom is 0.0237 e. The minimum atomic E-state index is 0.649. The summed E-state index contributed by atoms with van der Waals surface area (Å²) in [5.41, 5.74) is 0. The van der Waals surface area contributed by atoms with Crippen LogP contribution in [0.25, 0.3) is 0 Å². The Morgan fingerprint density at radius 1 is 1.00 bits per heavy atom. The molecule has 98 valence electrons. The van der Waals surface area contributed by atoms with Gasteiger partial charge in [-0.2, -0.15) is 0 Å². The first kappa shape index (κ1) is 15.9. The average molecular weight is 228 g/mol. The molecule has 0 saturated carbocycles. The summed E-state index contributed by atoms with van der Waals surface area (Å²) >= 11 is 0. The van der Waals surface area contributed by atoms with Crippen molar-refractivity contribution in [3.05, 3.63) is 0 Å². The first-order valence-electron chi connectivity index (χ1n) is 6.92. The number of hydrogen-bond donors (Lipinski definition) is 1. The second-order valence-corrected chi connectivity index (χ2v) is 5.46. The summed E-state index contributed by atoms with van der Waals surface area (Å²) < 4.78 is 0. The predicted octanol–water partition coefficient (Wildman–Crippen LogP) is 3.13. The van der Waals surface area contributed by atoms with Crippen molar-refractivity contribution < 1.29 is 0 Å². The zero-order valence-electron chi connectivity index (χ0n) is 12.2.